The monoisotopic (exact) mass is 545 g/mol. The van der Waals surface area contributed by atoms with E-state index in [1.807, 2.05) is 40.1 Å². The number of hydrogen-bond donors (Lipinski definition) is 1. The minimum Gasteiger partial charge on any atom is -0.446 e. The number of amides is 2. The summed E-state index contributed by atoms with van der Waals surface area (Å²) in [5.41, 5.74) is 0.677. The highest BCUT2D eigenvalue weighted by atomic mass is 16.3. The van der Waals surface area contributed by atoms with E-state index >= 15 is 0 Å². The Morgan fingerprint density at radius 3 is 2.60 bits per heavy atom. The van der Waals surface area contributed by atoms with Crippen molar-refractivity contribution < 1.29 is 14.3 Å². The fraction of sp³-hybridized carbons (Fsp3) is 0.548. The lowest BCUT2D eigenvalue weighted by molar-refractivity contribution is -0.136. The highest BCUT2D eigenvalue weighted by molar-refractivity contribution is 5.75. The fourth-order valence-corrected chi connectivity index (χ4v) is 7.01. The van der Waals surface area contributed by atoms with Crippen molar-refractivity contribution in [1.29, 1.82) is 0 Å². The first-order valence-electron chi connectivity index (χ1n) is 14.6. The van der Waals surface area contributed by atoms with E-state index in [1.165, 1.54) is 4.57 Å². The molecular formula is C31H39N5O4. The molecule has 3 aromatic rings. The van der Waals surface area contributed by atoms with Crippen molar-refractivity contribution in [1.82, 2.24) is 24.3 Å². The van der Waals surface area contributed by atoms with Gasteiger partial charge in [0.1, 0.15) is 12.3 Å². The van der Waals surface area contributed by atoms with Gasteiger partial charge in [-0.25, -0.2) is 14.8 Å². The van der Waals surface area contributed by atoms with Crippen molar-refractivity contribution in [3.05, 3.63) is 70.9 Å². The molecule has 2 saturated heterocycles. The molecule has 1 N–H and O–H groups in total. The molecule has 2 amide bonds. The molecule has 0 bridgehead atoms. The van der Waals surface area contributed by atoms with E-state index in [0.29, 0.717) is 37.6 Å². The largest absolute Gasteiger partial charge is 0.446 e. The van der Waals surface area contributed by atoms with Crippen LogP contribution in [0.1, 0.15) is 82.3 Å². The van der Waals surface area contributed by atoms with Gasteiger partial charge in [-0.05, 0) is 38.0 Å². The predicted molar refractivity (Wildman–Crippen MR) is 151 cm³/mol. The second-order valence-corrected chi connectivity index (χ2v) is 12.2. The first kappa shape index (κ1) is 26.7. The van der Waals surface area contributed by atoms with Crippen LogP contribution in [0.4, 0.5) is 4.79 Å². The van der Waals surface area contributed by atoms with Crippen LogP contribution in [0.15, 0.2) is 58.2 Å². The zero-order chi connectivity index (χ0) is 27.9. The number of nitrogens with zero attached hydrogens (tertiary/aromatic N) is 5. The SMILES string of the molecule is CC(C)c1coc(C2CCCN2C(=O)N2CCC(O)(Cn3cnc(-c4ccccc4)cc3=O)C3(CCCC3)C2)n1. The molecule has 1 aliphatic carbocycles. The number of rotatable bonds is 5. The molecule has 6 rings (SSSR count). The van der Waals surface area contributed by atoms with Crippen LogP contribution in [-0.4, -0.2) is 60.7 Å². The summed E-state index contributed by atoms with van der Waals surface area (Å²) < 4.78 is 7.35. The Balaban J connectivity index is 1.21. The molecule has 212 valence electrons. The van der Waals surface area contributed by atoms with E-state index in [1.54, 1.807) is 18.7 Å². The molecule has 3 aliphatic rings. The lowest BCUT2D eigenvalue weighted by atomic mass is 9.66. The molecule has 3 fully saturated rings. The van der Waals surface area contributed by atoms with Gasteiger partial charge in [-0.2, -0.15) is 0 Å². The predicted octanol–water partition coefficient (Wildman–Crippen LogP) is 4.98. The average Bonchev–Trinajstić information content (AvgIpc) is 3.73. The maximum atomic E-state index is 13.9. The van der Waals surface area contributed by atoms with Crippen LogP contribution in [0.25, 0.3) is 11.3 Å². The highest BCUT2D eigenvalue weighted by Crippen LogP contribution is 2.52. The average molecular weight is 546 g/mol. The molecule has 9 heteroatoms. The first-order chi connectivity index (χ1) is 19.3. The standard InChI is InChI=1S/C31H39N5O4/c1-22(2)25-18-40-28(33-25)26-11-8-15-36(26)29(38)34-16-14-31(39,30(19-34)12-6-7-13-30)20-35-21-32-24(17-27(35)37)23-9-4-3-5-10-23/h3-5,9-10,17-18,21-22,26,39H,6-8,11-16,19-20H2,1-2H3. The molecule has 0 radical (unpaired) electrons. The summed E-state index contributed by atoms with van der Waals surface area (Å²) in [4.78, 5) is 40.1. The topological polar surface area (TPSA) is 105 Å². The number of carbonyl (C=O) groups excluding carboxylic acids is 1. The van der Waals surface area contributed by atoms with Gasteiger partial charge in [-0.3, -0.25) is 9.36 Å². The third kappa shape index (κ3) is 4.74. The summed E-state index contributed by atoms with van der Waals surface area (Å²) in [6.07, 6.45) is 9.10. The van der Waals surface area contributed by atoms with Gasteiger partial charge in [0.05, 0.1) is 29.9 Å². The van der Waals surface area contributed by atoms with Crippen LogP contribution in [-0.2, 0) is 6.54 Å². The summed E-state index contributed by atoms with van der Waals surface area (Å²) in [6, 6.07) is 11.0. The maximum absolute atomic E-state index is 13.9. The summed E-state index contributed by atoms with van der Waals surface area (Å²) in [6.45, 7) is 5.93. The number of carbonyl (C=O) groups is 1. The Hall–Kier alpha value is -3.46. The lowest BCUT2D eigenvalue weighted by Crippen LogP contribution is -2.63. The van der Waals surface area contributed by atoms with Crippen LogP contribution in [0.2, 0.25) is 0 Å². The van der Waals surface area contributed by atoms with Gasteiger partial charge in [0.2, 0.25) is 5.89 Å². The number of oxazole rings is 1. The Morgan fingerprint density at radius 1 is 1.12 bits per heavy atom. The summed E-state index contributed by atoms with van der Waals surface area (Å²) in [5, 5.41) is 12.2. The van der Waals surface area contributed by atoms with Crippen LogP contribution in [0.5, 0.6) is 0 Å². The van der Waals surface area contributed by atoms with Gasteiger partial charge in [-0.1, -0.05) is 57.0 Å². The summed E-state index contributed by atoms with van der Waals surface area (Å²) >= 11 is 0. The number of urea groups is 1. The van der Waals surface area contributed by atoms with Gasteiger partial charge in [0.15, 0.2) is 0 Å². The number of hydrogen-bond acceptors (Lipinski definition) is 6. The minimum absolute atomic E-state index is 0.00818. The van der Waals surface area contributed by atoms with Crippen molar-refractivity contribution in [2.75, 3.05) is 19.6 Å². The van der Waals surface area contributed by atoms with Crippen LogP contribution < -0.4 is 5.56 Å². The Bertz CT molecular complexity index is 1410. The van der Waals surface area contributed by atoms with E-state index in [2.05, 4.69) is 23.8 Å². The molecule has 1 saturated carbocycles. The maximum Gasteiger partial charge on any atom is 0.320 e. The number of piperidine rings is 1. The zero-order valence-corrected chi connectivity index (χ0v) is 23.5. The van der Waals surface area contributed by atoms with E-state index in [9.17, 15) is 14.7 Å². The molecule has 40 heavy (non-hydrogen) atoms. The summed E-state index contributed by atoms with van der Waals surface area (Å²) in [7, 11) is 0. The van der Waals surface area contributed by atoms with Gasteiger partial charge in [0.25, 0.3) is 5.56 Å². The Morgan fingerprint density at radius 2 is 1.90 bits per heavy atom. The third-order valence-corrected chi connectivity index (χ3v) is 9.40. The molecule has 2 unspecified atom stereocenters. The minimum atomic E-state index is -1.10. The number of benzene rings is 1. The number of aliphatic hydroxyl groups is 1. The first-order valence-corrected chi connectivity index (χ1v) is 14.6. The molecule has 2 atom stereocenters. The second kappa shape index (κ2) is 10.5. The molecule has 1 spiro atoms. The van der Waals surface area contributed by atoms with Gasteiger partial charge < -0.3 is 19.3 Å². The van der Waals surface area contributed by atoms with Crippen molar-refractivity contribution in [2.45, 2.75) is 82.9 Å². The van der Waals surface area contributed by atoms with Gasteiger partial charge in [0, 0.05) is 36.7 Å². The van der Waals surface area contributed by atoms with Crippen molar-refractivity contribution in [2.24, 2.45) is 5.41 Å². The van der Waals surface area contributed by atoms with Crippen LogP contribution in [0, 0.1) is 5.41 Å². The lowest BCUT2D eigenvalue weighted by Gasteiger charge is -2.52. The van der Waals surface area contributed by atoms with Crippen molar-refractivity contribution in [3.63, 3.8) is 0 Å². The van der Waals surface area contributed by atoms with Crippen molar-refractivity contribution in [3.8, 4) is 11.3 Å². The summed E-state index contributed by atoms with van der Waals surface area (Å²) in [5.74, 6) is 0.881. The third-order valence-electron chi connectivity index (χ3n) is 9.40. The molecule has 4 heterocycles. The quantitative estimate of drug-likeness (QED) is 0.485. The molecule has 9 nitrogen and oxygen atoms in total. The normalized spacial score (nSPS) is 24.4. The molecule has 2 aliphatic heterocycles. The Kier molecular flexibility index (Phi) is 7.02. The van der Waals surface area contributed by atoms with Crippen LogP contribution in [0.3, 0.4) is 0 Å². The van der Waals surface area contributed by atoms with Gasteiger partial charge in [-0.15, -0.1) is 0 Å². The zero-order valence-electron chi connectivity index (χ0n) is 23.5. The van der Waals surface area contributed by atoms with Crippen molar-refractivity contribution >= 4 is 6.03 Å². The highest BCUT2D eigenvalue weighted by Gasteiger charge is 2.56. The van der Waals surface area contributed by atoms with Gasteiger partial charge >= 0.3 is 6.03 Å². The molecular weight excluding hydrogens is 506 g/mol. The van der Waals surface area contributed by atoms with Crippen LogP contribution >= 0.6 is 0 Å². The number of aromatic nitrogens is 3. The van der Waals surface area contributed by atoms with E-state index < -0.39 is 11.0 Å². The smallest absolute Gasteiger partial charge is 0.320 e. The fourth-order valence-electron chi connectivity index (χ4n) is 7.01. The van der Waals surface area contributed by atoms with E-state index in [0.717, 1.165) is 49.8 Å². The van der Waals surface area contributed by atoms with E-state index in [-0.39, 0.29) is 30.1 Å². The molecule has 1 aromatic carbocycles. The Labute approximate surface area is 234 Å². The van der Waals surface area contributed by atoms with E-state index in [4.69, 9.17) is 4.42 Å². The molecule has 2 aromatic heterocycles. The number of likely N-dealkylation sites (tertiary alicyclic amines) is 2. The second-order valence-electron chi connectivity index (χ2n) is 12.2.